The van der Waals surface area contributed by atoms with Crippen molar-refractivity contribution < 1.29 is 19.0 Å². The van der Waals surface area contributed by atoms with Gasteiger partial charge in [0.15, 0.2) is 6.10 Å². The molecule has 0 saturated carbocycles. The van der Waals surface area contributed by atoms with Crippen molar-refractivity contribution in [3.63, 3.8) is 0 Å². The van der Waals surface area contributed by atoms with Crippen molar-refractivity contribution in [2.45, 2.75) is 13.0 Å². The van der Waals surface area contributed by atoms with Crippen LogP contribution in [-0.2, 0) is 0 Å². The molecule has 5 nitrogen and oxygen atoms in total. The number of rotatable bonds is 6. The first-order valence-electron chi connectivity index (χ1n) is 12.0. The average Bonchev–Trinajstić information content (AvgIpc) is 2.84. The summed E-state index contributed by atoms with van der Waals surface area (Å²) in [6, 6.07) is 19.5. The van der Waals surface area contributed by atoms with Crippen LogP contribution >= 0.6 is 0 Å². The summed E-state index contributed by atoms with van der Waals surface area (Å²) in [5.74, 6) is 2.02. The van der Waals surface area contributed by atoms with Gasteiger partial charge in [0.25, 0.3) is 0 Å². The van der Waals surface area contributed by atoms with E-state index in [0.717, 1.165) is 69.9 Å². The molecule has 0 bridgehead atoms. The second-order valence-electron chi connectivity index (χ2n) is 9.48. The molecule has 178 valence electrons. The molecule has 1 atom stereocenters. The van der Waals surface area contributed by atoms with E-state index < -0.39 is 0 Å². The van der Waals surface area contributed by atoms with Gasteiger partial charge in [-0.15, -0.1) is 0 Å². The number of aromatic hydroxyl groups is 1. The number of hydrogen-bond donors (Lipinski definition) is 1. The fraction of sp³-hybridized carbons (Fsp3) is 0.276. The van der Waals surface area contributed by atoms with Crippen molar-refractivity contribution in [3.8, 4) is 28.4 Å². The van der Waals surface area contributed by atoms with Crippen molar-refractivity contribution >= 4 is 10.9 Å². The van der Waals surface area contributed by atoms with E-state index in [9.17, 15) is 9.50 Å². The predicted octanol–water partition coefficient (Wildman–Crippen LogP) is 5.68. The summed E-state index contributed by atoms with van der Waals surface area (Å²) < 4.78 is 25.1. The zero-order valence-corrected chi connectivity index (χ0v) is 19.6. The van der Waals surface area contributed by atoms with E-state index in [0.29, 0.717) is 6.61 Å². The topological polar surface area (TPSA) is 54.8 Å². The number of aromatic nitrogens is 1. The van der Waals surface area contributed by atoms with Gasteiger partial charge in [0.05, 0.1) is 12.2 Å². The van der Waals surface area contributed by atoms with Crippen LogP contribution in [0.5, 0.6) is 17.2 Å². The molecule has 2 aliphatic heterocycles. The maximum Gasteiger partial charge on any atom is 0.150 e. The van der Waals surface area contributed by atoms with Gasteiger partial charge in [-0.3, -0.25) is 14.3 Å². The first kappa shape index (κ1) is 21.9. The van der Waals surface area contributed by atoms with Crippen molar-refractivity contribution in [1.82, 2.24) is 9.88 Å². The van der Waals surface area contributed by atoms with Crippen molar-refractivity contribution in [3.05, 3.63) is 83.6 Å². The van der Waals surface area contributed by atoms with Crippen molar-refractivity contribution in [2.75, 3.05) is 32.9 Å². The van der Waals surface area contributed by atoms with E-state index >= 15 is 0 Å². The fourth-order valence-corrected chi connectivity index (χ4v) is 5.06. The number of nitrogens with zero attached hydrogens (tertiary/aromatic N) is 2. The van der Waals surface area contributed by atoms with E-state index in [4.69, 9.17) is 9.47 Å². The average molecular weight is 471 g/mol. The molecule has 0 unspecified atom stereocenters. The molecule has 3 heterocycles. The molecule has 3 aromatic carbocycles. The molecule has 35 heavy (non-hydrogen) atoms. The Labute approximate surface area is 203 Å². The Kier molecular flexibility index (Phi) is 5.53. The van der Waals surface area contributed by atoms with Crippen molar-refractivity contribution in [2.24, 2.45) is 5.92 Å². The lowest BCUT2D eigenvalue weighted by molar-refractivity contribution is 0.0668. The summed E-state index contributed by atoms with van der Waals surface area (Å²) in [6.07, 6.45) is 1.56. The van der Waals surface area contributed by atoms with Crippen LogP contribution in [0.1, 0.15) is 22.8 Å². The fourth-order valence-electron chi connectivity index (χ4n) is 5.06. The number of hydrogen-bond acceptors (Lipinski definition) is 5. The highest BCUT2D eigenvalue weighted by atomic mass is 19.1. The van der Waals surface area contributed by atoms with Crippen LogP contribution in [0, 0.1) is 12.8 Å². The number of ether oxygens (including phenoxy) is 2. The van der Waals surface area contributed by atoms with E-state index in [2.05, 4.69) is 35.0 Å². The summed E-state index contributed by atoms with van der Waals surface area (Å²) in [5, 5.41) is 10.9. The van der Waals surface area contributed by atoms with Gasteiger partial charge >= 0.3 is 0 Å². The lowest BCUT2D eigenvalue weighted by atomic mass is 9.87. The summed E-state index contributed by atoms with van der Waals surface area (Å²) in [4.78, 5) is 6.84. The van der Waals surface area contributed by atoms with Crippen LogP contribution in [0.3, 0.4) is 0 Å². The predicted molar refractivity (Wildman–Crippen MR) is 134 cm³/mol. The molecule has 2 aliphatic rings. The smallest absolute Gasteiger partial charge is 0.150 e. The number of likely N-dealkylation sites (tertiary alicyclic amines) is 1. The zero-order valence-electron chi connectivity index (χ0n) is 19.6. The highest BCUT2D eigenvalue weighted by Crippen LogP contribution is 2.47. The minimum Gasteiger partial charge on any atom is -0.508 e. The number of pyridine rings is 1. The van der Waals surface area contributed by atoms with E-state index in [1.165, 1.54) is 0 Å². The Morgan fingerprint density at radius 3 is 2.69 bits per heavy atom. The van der Waals surface area contributed by atoms with Gasteiger partial charge in [-0.05, 0) is 48.4 Å². The second kappa shape index (κ2) is 8.86. The SMILES string of the molecule is Cc1ccc2c(c1)O[C@H](c1ccc(OCCN3CC(CF)C3)cc1)c1c-2cnc2cc(O)ccc12. The summed E-state index contributed by atoms with van der Waals surface area (Å²) in [6.45, 7) is 4.84. The summed E-state index contributed by atoms with van der Waals surface area (Å²) in [7, 11) is 0. The highest BCUT2D eigenvalue weighted by molar-refractivity contribution is 5.92. The lowest BCUT2D eigenvalue weighted by Gasteiger charge is -2.37. The minimum absolute atomic E-state index is 0.189. The number of alkyl halides is 1. The third-order valence-corrected chi connectivity index (χ3v) is 6.94. The molecule has 0 spiro atoms. The van der Waals surface area contributed by atoms with Gasteiger partial charge in [0.2, 0.25) is 0 Å². The number of benzene rings is 3. The first-order valence-corrected chi connectivity index (χ1v) is 12.0. The van der Waals surface area contributed by atoms with Crippen LogP contribution in [0.4, 0.5) is 4.39 Å². The maximum atomic E-state index is 12.6. The normalized spacial score (nSPS) is 17.4. The standard InChI is InChI=1S/C29H27FN2O3/c1-18-2-8-23-25-15-31-26-13-21(33)5-9-24(26)28(25)29(35-27(23)12-18)20-3-6-22(7-4-20)34-11-10-32-16-19(14-30)17-32/h2-9,12-13,15,19,29,33H,10-11,14,16-17H2,1H3/t29-/m1/s1. The third kappa shape index (κ3) is 4.08. The molecule has 1 N–H and O–H groups in total. The quantitative estimate of drug-likeness (QED) is 0.393. The maximum absolute atomic E-state index is 12.6. The highest BCUT2D eigenvalue weighted by Gasteiger charge is 2.30. The zero-order chi connectivity index (χ0) is 23.9. The Morgan fingerprint density at radius 1 is 1.06 bits per heavy atom. The second-order valence-corrected chi connectivity index (χ2v) is 9.48. The molecule has 1 fully saturated rings. The van der Waals surface area contributed by atoms with Gasteiger partial charge < -0.3 is 14.6 Å². The van der Waals surface area contributed by atoms with Crippen LogP contribution in [0.15, 0.2) is 66.9 Å². The summed E-state index contributed by atoms with van der Waals surface area (Å²) in [5.41, 5.74) is 5.98. The van der Waals surface area contributed by atoms with E-state index in [1.54, 1.807) is 12.1 Å². The van der Waals surface area contributed by atoms with Gasteiger partial charge in [-0.1, -0.05) is 24.3 Å². The lowest BCUT2D eigenvalue weighted by Crippen LogP contribution is -2.49. The van der Waals surface area contributed by atoms with E-state index in [-0.39, 0.29) is 24.4 Å². The molecular weight excluding hydrogens is 443 g/mol. The van der Waals surface area contributed by atoms with Crippen LogP contribution in [0.25, 0.3) is 22.0 Å². The Morgan fingerprint density at radius 2 is 1.89 bits per heavy atom. The van der Waals surface area contributed by atoms with Gasteiger partial charge in [0.1, 0.15) is 23.9 Å². The molecule has 6 rings (SSSR count). The third-order valence-electron chi connectivity index (χ3n) is 6.94. The van der Waals surface area contributed by atoms with Gasteiger partial charge in [-0.2, -0.15) is 0 Å². The van der Waals surface area contributed by atoms with Gasteiger partial charge in [0, 0.05) is 59.9 Å². The van der Waals surface area contributed by atoms with Crippen LogP contribution < -0.4 is 9.47 Å². The monoisotopic (exact) mass is 470 g/mol. The molecule has 0 radical (unpaired) electrons. The molecule has 1 aromatic heterocycles. The number of halogens is 1. The van der Waals surface area contributed by atoms with Gasteiger partial charge in [-0.25, -0.2) is 0 Å². The molecule has 4 aromatic rings. The molecular formula is C29H27FN2O3. The Bertz CT molecular complexity index is 1380. The molecule has 1 saturated heterocycles. The number of phenols is 1. The molecule has 0 amide bonds. The Balaban J connectivity index is 1.30. The Hall–Kier alpha value is -3.64. The van der Waals surface area contributed by atoms with Crippen LogP contribution in [0.2, 0.25) is 0 Å². The number of phenolic OH excluding ortho intramolecular Hbond substituents is 1. The number of aryl methyl sites for hydroxylation is 1. The summed E-state index contributed by atoms with van der Waals surface area (Å²) >= 11 is 0. The molecule has 0 aliphatic carbocycles. The van der Waals surface area contributed by atoms with E-state index in [1.807, 2.05) is 36.5 Å². The molecule has 6 heteroatoms. The first-order chi connectivity index (χ1) is 17.1. The minimum atomic E-state index is -0.317. The largest absolute Gasteiger partial charge is 0.508 e. The van der Waals surface area contributed by atoms with Crippen LogP contribution in [-0.4, -0.2) is 47.9 Å². The number of fused-ring (bicyclic) bond motifs is 5. The van der Waals surface area contributed by atoms with Crippen molar-refractivity contribution in [1.29, 1.82) is 0 Å².